The number of aryl methyl sites for hydroxylation is 1. The van der Waals surface area contributed by atoms with Crippen LogP contribution in [0.15, 0.2) is 42.5 Å². The number of hydrogen-bond donors (Lipinski definition) is 2. The Morgan fingerprint density at radius 3 is 2.38 bits per heavy atom. The molecule has 4 rings (SSSR count). The molecule has 3 aromatic rings. The van der Waals surface area contributed by atoms with Crippen LogP contribution < -0.4 is 25.0 Å². The third-order valence-corrected chi connectivity index (χ3v) is 6.59. The number of para-hydroxylation sites is 1. The van der Waals surface area contributed by atoms with Crippen molar-refractivity contribution in [1.29, 1.82) is 0 Å². The third kappa shape index (κ3) is 5.89. The number of anilines is 2. The van der Waals surface area contributed by atoms with Gasteiger partial charge in [-0.25, -0.2) is 4.98 Å². The van der Waals surface area contributed by atoms with Gasteiger partial charge in [-0.1, -0.05) is 18.2 Å². The third-order valence-electron chi connectivity index (χ3n) is 6.59. The van der Waals surface area contributed by atoms with Gasteiger partial charge in [-0.2, -0.15) is 4.98 Å². The van der Waals surface area contributed by atoms with Gasteiger partial charge < -0.3 is 25.0 Å². The summed E-state index contributed by atoms with van der Waals surface area (Å²) in [7, 11) is 7.41. The number of aromatic nitrogens is 2. The second-order valence-corrected chi connectivity index (χ2v) is 9.22. The molecule has 1 saturated carbocycles. The SMILES string of the molecule is COc1ccc(CCCN[C@H]2CC[C@@H](Nc3nc(N(C)C)c4ccccc4n3)CC2)cc1OC. The standard InChI is InChI=1S/C27H37N5O2/c1-32(2)26-22-9-5-6-10-23(22)30-27(31-26)29-21-14-12-20(13-15-21)28-17-7-8-19-11-16-24(33-3)25(18-19)34-4/h5-6,9-11,16,18,20-21,28H,7-8,12-15,17H2,1-4H3,(H,29,30,31)/t20-,21+. The predicted molar refractivity (Wildman–Crippen MR) is 139 cm³/mol. The summed E-state index contributed by atoms with van der Waals surface area (Å²) < 4.78 is 10.7. The van der Waals surface area contributed by atoms with E-state index >= 15 is 0 Å². The summed E-state index contributed by atoms with van der Waals surface area (Å²) in [4.78, 5) is 11.6. The highest BCUT2D eigenvalue weighted by atomic mass is 16.5. The van der Waals surface area contributed by atoms with Gasteiger partial charge in [0.2, 0.25) is 5.95 Å². The summed E-state index contributed by atoms with van der Waals surface area (Å²) in [5, 5.41) is 8.44. The molecule has 182 valence electrons. The lowest BCUT2D eigenvalue weighted by molar-refractivity contribution is 0.351. The summed E-state index contributed by atoms with van der Waals surface area (Å²) in [6.45, 7) is 1.02. The second kappa shape index (κ2) is 11.4. The maximum Gasteiger partial charge on any atom is 0.225 e. The average molecular weight is 464 g/mol. The van der Waals surface area contributed by atoms with E-state index in [4.69, 9.17) is 19.4 Å². The van der Waals surface area contributed by atoms with Crippen molar-refractivity contribution in [1.82, 2.24) is 15.3 Å². The predicted octanol–water partition coefficient (Wildman–Crippen LogP) is 4.66. The quantitative estimate of drug-likeness (QED) is 0.424. The molecule has 2 N–H and O–H groups in total. The van der Waals surface area contributed by atoms with E-state index in [1.54, 1.807) is 14.2 Å². The Balaban J connectivity index is 1.23. The van der Waals surface area contributed by atoms with Crippen LogP contribution >= 0.6 is 0 Å². The molecule has 7 heteroatoms. The van der Waals surface area contributed by atoms with Gasteiger partial charge in [0.25, 0.3) is 0 Å². The van der Waals surface area contributed by atoms with Crippen LogP contribution in [-0.4, -0.2) is 56.9 Å². The molecule has 0 bridgehead atoms. The number of nitrogens with one attached hydrogen (secondary N) is 2. The molecule has 1 aliphatic carbocycles. The minimum absolute atomic E-state index is 0.418. The molecule has 0 atom stereocenters. The smallest absolute Gasteiger partial charge is 0.225 e. The van der Waals surface area contributed by atoms with Gasteiger partial charge in [-0.3, -0.25) is 0 Å². The lowest BCUT2D eigenvalue weighted by Crippen LogP contribution is -2.37. The van der Waals surface area contributed by atoms with Crippen molar-refractivity contribution in [3.8, 4) is 11.5 Å². The van der Waals surface area contributed by atoms with Crippen molar-refractivity contribution in [2.75, 3.05) is 45.1 Å². The Morgan fingerprint density at radius 2 is 1.65 bits per heavy atom. The van der Waals surface area contributed by atoms with Crippen molar-refractivity contribution in [2.24, 2.45) is 0 Å². The van der Waals surface area contributed by atoms with Crippen molar-refractivity contribution < 1.29 is 9.47 Å². The summed E-state index contributed by atoms with van der Waals surface area (Å²) in [6.07, 6.45) is 6.72. The van der Waals surface area contributed by atoms with Crippen LogP contribution in [-0.2, 0) is 6.42 Å². The molecule has 1 aromatic heterocycles. The Morgan fingerprint density at radius 1 is 0.912 bits per heavy atom. The Bertz CT molecular complexity index is 1080. The Kier molecular flexibility index (Phi) is 8.06. The first-order chi connectivity index (χ1) is 16.6. The highest BCUT2D eigenvalue weighted by Crippen LogP contribution is 2.28. The van der Waals surface area contributed by atoms with E-state index in [0.717, 1.165) is 66.4 Å². The lowest BCUT2D eigenvalue weighted by Gasteiger charge is -2.30. The normalized spacial score (nSPS) is 18.0. The first-order valence-corrected chi connectivity index (χ1v) is 12.2. The number of nitrogens with zero attached hydrogens (tertiary/aromatic N) is 3. The lowest BCUT2D eigenvalue weighted by atomic mass is 9.91. The molecule has 2 aromatic carbocycles. The number of hydrogen-bond acceptors (Lipinski definition) is 7. The van der Waals surface area contributed by atoms with Gasteiger partial charge in [0, 0.05) is 31.6 Å². The fourth-order valence-corrected chi connectivity index (χ4v) is 4.72. The molecule has 0 unspecified atom stereocenters. The number of ether oxygens (including phenoxy) is 2. The van der Waals surface area contributed by atoms with Crippen molar-refractivity contribution in [3.05, 3.63) is 48.0 Å². The van der Waals surface area contributed by atoms with E-state index in [1.165, 1.54) is 18.4 Å². The highest BCUT2D eigenvalue weighted by Gasteiger charge is 2.22. The fourth-order valence-electron chi connectivity index (χ4n) is 4.72. The van der Waals surface area contributed by atoms with E-state index in [9.17, 15) is 0 Å². The van der Waals surface area contributed by atoms with Gasteiger partial charge in [0.15, 0.2) is 11.5 Å². The molecule has 7 nitrogen and oxygen atoms in total. The maximum absolute atomic E-state index is 5.41. The Labute approximate surface area is 202 Å². The van der Waals surface area contributed by atoms with Crippen LogP contribution in [0.2, 0.25) is 0 Å². The van der Waals surface area contributed by atoms with Crippen LogP contribution in [0.3, 0.4) is 0 Å². The van der Waals surface area contributed by atoms with E-state index in [0.29, 0.717) is 12.1 Å². The van der Waals surface area contributed by atoms with E-state index < -0.39 is 0 Å². The summed E-state index contributed by atoms with van der Waals surface area (Å²) in [6, 6.07) is 15.4. The van der Waals surface area contributed by atoms with Crippen LogP contribution in [0, 0.1) is 0 Å². The van der Waals surface area contributed by atoms with Gasteiger partial charge in [-0.05, 0) is 74.9 Å². The average Bonchev–Trinajstić information content (AvgIpc) is 2.86. The molecule has 0 amide bonds. The van der Waals surface area contributed by atoms with Crippen LogP contribution in [0.5, 0.6) is 11.5 Å². The monoisotopic (exact) mass is 463 g/mol. The second-order valence-electron chi connectivity index (χ2n) is 9.22. The highest BCUT2D eigenvalue weighted by molar-refractivity contribution is 5.90. The molecule has 34 heavy (non-hydrogen) atoms. The number of rotatable bonds is 10. The zero-order valence-electron chi connectivity index (χ0n) is 20.8. The van der Waals surface area contributed by atoms with Crippen molar-refractivity contribution in [2.45, 2.75) is 50.6 Å². The first kappa shape index (κ1) is 24.1. The van der Waals surface area contributed by atoms with Gasteiger partial charge in [0.1, 0.15) is 5.82 Å². The van der Waals surface area contributed by atoms with E-state index in [2.05, 4.69) is 39.8 Å². The van der Waals surface area contributed by atoms with Crippen LogP contribution in [0.1, 0.15) is 37.7 Å². The maximum atomic E-state index is 5.41. The fraction of sp³-hybridized carbons (Fsp3) is 0.481. The molecule has 0 saturated heterocycles. The topological polar surface area (TPSA) is 71.5 Å². The van der Waals surface area contributed by atoms with Crippen LogP contribution in [0.25, 0.3) is 10.9 Å². The molecular formula is C27H37N5O2. The molecule has 0 aliphatic heterocycles. The van der Waals surface area contributed by atoms with Crippen molar-refractivity contribution >= 4 is 22.7 Å². The molecular weight excluding hydrogens is 426 g/mol. The largest absolute Gasteiger partial charge is 0.493 e. The summed E-state index contributed by atoms with van der Waals surface area (Å²) in [5.74, 6) is 3.26. The van der Waals surface area contributed by atoms with Gasteiger partial charge in [-0.15, -0.1) is 0 Å². The molecule has 0 spiro atoms. The van der Waals surface area contributed by atoms with Crippen LogP contribution in [0.4, 0.5) is 11.8 Å². The summed E-state index contributed by atoms with van der Waals surface area (Å²) >= 11 is 0. The number of benzene rings is 2. The molecule has 1 fully saturated rings. The molecule has 1 heterocycles. The number of methoxy groups -OCH3 is 2. The van der Waals surface area contributed by atoms with Crippen molar-refractivity contribution in [3.63, 3.8) is 0 Å². The first-order valence-electron chi connectivity index (χ1n) is 12.2. The zero-order valence-corrected chi connectivity index (χ0v) is 20.8. The van der Waals surface area contributed by atoms with Gasteiger partial charge >= 0.3 is 0 Å². The molecule has 0 radical (unpaired) electrons. The minimum atomic E-state index is 0.418. The number of fused-ring (bicyclic) bond motifs is 1. The summed E-state index contributed by atoms with van der Waals surface area (Å²) in [5.41, 5.74) is 2.26. The van der Waals surface area contributed by atoms with Gasteiger partial charge in [0.05, 0.1) is 19.7 Å². The zero-order chi connectivity index (χ0) is 23.9. The van der Waals surface area contributed by atoms with E-state index in [-0.39, 0.29) is 0 Å². The Hall–Kier alpha value is -3.06. The van der Waals surface area contributed by atoms with E-state index in [1.807, 2.05) is 32.3 Å². The minimum Gasteiger partial charge on any atom is -0.493 e. The molecule has 1 aliphatic rings.